The first-order valence-corrected chi connectivity index (χ1v) is 9.13. The van der Waals surface area contributed by atoms with E-state index >= 15 is 0 Å². The number of para-hydroxylation sites is 3. The number of carbonyl (C=O) groups excluding carboxylic acids is 1. The lowest BCUT2D eigenvalue weighted by Crippen LogP contribution is -2.49. The smallest absolute Gasteiger partial charge is 0.223 e. The number of aryl methyl sites for hydroxylation is 2. The van der Waals surface area contributed by atoms with Gasteiger partial charge in [0.05, 0.1) is 0 Å². The van der Waals surface area contributed by atoms with Gasteiger partial charge in [-0.3, -0.25) is 4.79 Å². The molecule has 5 nitrogen and oxygen atoms in total. The van der Waals surface area contributed by atoms with E-state index in [4.69, 9.17) is 4.42 Å². The highest BCUT2D eigenvalue weighted by molar-refractivity contribution is 5.77. The highest BCUT2D eigenvalue weighted by Crippen LogP contribution is 2.21. The zero-order valence-corrected chi connectivity index (χ0v) is 15.0. The van der Waals surface area contributed by atoms with Gasteiger partial charge in [0.2, 0.25) is 5.91 Å². The fraction of sp³-hybridized carbons (Fsp3) is 0.333. The Morgan fingerprint density at radius 1 is 1.04 bits per heavy atom. The quantitative estimate of drug-likeness (QED) is 0.724. The fourth-order valence-electron chi connectivity index (χ4n) is 3.51. The zero-order valence-electron chi connectivity index (χ0n) is 15.0. The van der Waals surface area contributed by atoms with Gasteiger partial charge in [0.25, 0.3) is 0 Å². The lowest BCUT2D eigenvalue weighted by atomic mass is 10.1. The molecule has 0 saturated carbocycles. The van der Waals surface area contributed by atoms with E-state index in [0.29, 0.717) is 18.7 Å². The summed E-state index contributed by atoms with van der Waals surface area (Å²) in [5.41, 5.74) is 4.18. The summed E-state index contributed by atoms with van der Waals surface area (Å²) >= 11 is 0. The molecule has 0 atom stereocenters. The molecule has 134 valence electrons. The van der Waals surface area contributed by atoms with Crippen molar-refractivity contribution >= 4 is 22.7 Å². The summed E-state index contributed by atoms with van der Waals surface area (Å²) < 4.78 is 5.70. The van der Waals surface area contributed by atoms with Crippen molar-refractivity contribution in [3.8, 4) is 0 Å². The minimum absolute atomic E-state index is 0.177. The van der Waals surface area contributed by atoms with Crippen LogP contribution in [0.5, 0.6) is 0 Å². The third-order valence-corrected chi connectivity index (χ3v) is 4.98. The molecule has 0 bridgehead atoms. The van der Waals surface area contributed by atoms with E-state index in [0.717, 1.165) is 37.3 Å². The molecule has 0 unspecified atom stereocenters. The molecule has 1 amide bonds. The third-order valence-electron chi connectivity index (χ3n) is 4.98. The van der Waals surface area contributed by atoms with E-state index in [1.54, 1.807) is 0 Å². The first-order valence-electron chi connectivity index (χ1n) is 9.13. The van der Waals surface area contributed by atoms with Crippen molar-refractivity contribution in [3.63, 3.8) is 0 Å². The average Bonchev–Trinajstić information content (AvgIpc) is 3.10. The maximum Gasteiger partial charge on any atom is 0.223 e. The van der Waals surface area contributed by atoms with Gasteiger partial charge in [0, 0.05) is 44.7 Å². The van der Waals surface area contributed by atoms with Crippen LogP contribution >= 0.6 is 0 Å². The minimum atomic E-state index is 0.177. The van der Waals surface area contributed by atoms with Crippen LogP contribution in [0, 0.1) is 6.92 Å². The molecule has 3 aromatic rings. The van der Waals surface area contributed by atoms with Gasteiger partial charge in [0.1, 0.15) is 5.52 Å². The normalized spacial score (nSPS) is 14.8. The van der Waals surface area contributed by atoms with Crippen molar-refractivity contribution in [2.75, 3.05) is 31.1 Å². The Morgan fingerprint density at radius 2 is 1.77 bits per heavy atom. The summed E-state index contributed by atoms with van der Waals surface area (Å²) in [7, 11) is 0. The molecule has 5 heteroatoms. The molecule has 26 heavy (non-hydrogen) atoms. The first kappa shape index (κ1) is 16.6. The molecule has 0 N–H and O–H groups in total. The van der Waals surface area contributed by atoms with Gasteiger partial charge < -0.3 is 14.2 Å². The fourth-order valence-corrected chi connectivity index (χ4v) is 3.51. The second-order valence-electron chi connectivity index (χ2n) is 6.73. The minimum Gasteiger partial charge on any atom is -0.441 e. The van der Waals surface area contributed by atoms with Crippen LogP contribution in [0.2, 0.25) is 0 Å². The van der Waals surface area contributed by atoms with Gasteiger partial charge in [-0.1, -0.05) is 30.3 Å². The summed E-state index contributed by atoms with van der Waals surface area (Å²) in [6.45, 7) is 5.41. The number of oxazole rings is 1. The van der Waals surface area contributed by atoms with Crippen LogP contribution in [0.15, 0.2) is 52.9 Å². The van der Waals surface area contributed by atoms with Crippen LogP contribution in [-0.4, -0.2) is 42.0 Å². The zero-order chi connectivity index (χ0) is 17.9. The van der Waals surface area contributed by atoms with E-state index in [9.17, 15) is 4.79 Å². The summed E-state index contributed by atoms with van der Waals surface area (Å²) in [5, 5.41) is 0. The Hall–Kier alpha value is -2.82. The maximum atomic E-state index is 12.5. The number of nitrogens with zero attached hydrogens (tertiary/aromatic N) is 3. The van der Waals surface area contributed by atoms with E-state index in [1.807, 2.05) is 29.2 Å². The van der Waals surface area contributed by atoms with Crippen LogP contribution in [0.1, 0.15) is 17.9 Å². The van der Waals surface area contributed by atoms with E-state index in [1.165, 1.54) is 11.3 Å². The van der Waals surface area contributed by atoms with Crippen molar-refractivity contribution in [1.29, 1.82) is 0 Å². The number of fused-ring (bicyclic) bond motifs is 1. The van der Waals surface area contributed by atoms with E-state index < -0.39 is 0 Å². The Balaban J connectivity index is 1.31. The molecule has 0 spiro atoms. The molecule has 1 aliphatic rings. The van der Waals surface area contributed by atoms with Crippen LogP contribution < -0.4 is 4.90 Å². The predicted octanol–water partition coefficient (Wildman–Crippen LogP) is 3.42. The summed E-state index contributed by atoms with van der Waals surface area (Å²) in [5.74, 6) is 0.815. The third kappa shape index (κ3) is 3.43. The topological polar surface area (TPSA) is 49.6 Å². The van der Waals surface area contributed by atoms with Gasteiger partial charge in [-0.25, -0.2) is 4.98 Å². The molecule has 1 aromatic heterocycles. The lowest BCUT2D eigenvalue weighted by Gasteiger charge is -2.36. The SMILES string of the molecule is Cc1ccccc1N1CCN(C(=O)CCc2nc3ccccc3o2)CC1. The summed E-state index contributed by atoms with van der Waals surface area (Å²) in [6, 6.07) is 16.1. The van der Waals surface area contributed by atoms with Crippen LogP contribution in [-0.2, 0) is 11.2 Å². The van der Waals surface area contributed by atoms with Crippen LogP contribution in [0.25, 0.3) is 11.1 Å². The largest absolute Gasteiger partial charge is 0.441 e. The van der Waals surface area contributed by atoms with Crippen molar-refractivity contribution in [3.05, 3.63) is 60.0 Å². The average molecular weight is 349 g/mol. The first-order chi connectivity index (χ1) is 12.7. The maximum absolute atomic E-state index is 12.5. The van der Waals surface area contributed by atoms with Gasteiger partial charge >= 0.3 is 0 Å². The molecule has 0 aliphatic carbocycles. The highest BCUT2D eigenvalue weighted by atomic mass is 16.3. The molecular weight excluding hydrogens is 326 g/mol. The molecule has 2 aromatic carbocycles. The second kappa shape index (κ2) is 7.20. The summed E-state index contributed by atoms with van der Waals surface area (Å²) in [4.78, 5) is 21.3. The van der Waals surface area contributed by atoms with Crippen molar-refractivity contribution < 1.29 is 9.21 Å². The number of anilines is 1. The molecule has 1 saturated heterocycles. The van der Waals surface area contributed by atoms with E-state index in [-0.39, 0.29) is 5.91 Å². The molecule has 0 radical (unpaired) electrons. The van der Waals surface area contributed by atoms with Crippen molar-refractivity contribution in [2.45, 2.75) is 19.8 Å². The molecule has 1 aliphatic heterocycles. The second-order valence-corrected chi connectivity index (χ2v) is 6.73. The van der Waals surface area contributed by atoms with Gasteiger partial charge in [-0.05, 0) is 30.7 Å². The summed E-state index contributed by atoms with van der Waals surface area (Å²) in [6.07, 6.45) is 0.989. The number of rotatable bonds is 4. The number of carbonyl (C=O) groups is 1. The van der Waals surface area contributed by atoms with Crippen molar-refractivity contribution in [2.24, 2.45) is 0 Å². The van der Waals surface area contributed by atoms with Crippen LogP contribution in [0.4, 0.5) is 5.69 Å². The number of aromatic nitrogens is 1. The lowest BCUT2D eigenvalue weighted by molar-refractivity contribution is -0.131. The van der Waals surface area contributed by atoms with E-state index in [2.05, 4.69) is 41.1 Å². The Kier molecular flexibility index (Phi) is 4.61. The number of hydrogen-bond acceptors (Lipinski definition) is 4. The van der Waals surface area contributed by atoms with Crippen molar-refractivity contribution in [1.82, 2.24) is 9.88 Å². The number of amides is 1. The van der Waals surface area contributed by atoms with Crippen LogP contribution in [0.3, 0.4) is 0 Å². The molecule has 1 fully saturated rings. The molecule has 4 rings (SSSR count). The van der Waals surface area contributed by atoms with Gasteiger partial charge in [-0.15, -0.1) is 0 Å². The highest BCUT2D eigenvalue weighted by Gasteiger charge is 2.22. The predicted molar refractivity (Wildman–Crippen MR) is 102 cm³/mol. The number of hydrogen-bond donors (Lipinski definition) is 0. The monoisotopic (exact) mass is 349 g/mol. The Bertz CT molecular complexity index is 877. The molecular formula is C21H23N3O2. The van der Waals surface area contributed by atoms with Gasteiger partial charge in [-0.2, -0.15) is 0 Å². The standard InChI is InChI=1S/C21H23N3O2/c1-16-6-2-4-8-18(16)23-12-14-24(15-13-23)21(25)11-10-20-22-17-7-3-5-9-19(17)26-20/h2-9H,10-15H2,1H3. The number of piperazine rings is 1. The Morgan fingerprint density at radius 3 is 2.54 bits per heavy atom. The molecule has 2 heterocycles. The Labute approximate surface area is 153 Å². The van der Waals surface area contributed by atoms with Gasteiger partial charge in [0.15, 0.2) is 11.5 Å². The number of benzene rings is 2.